The average molecular weight is 366 g/mol. The maximum Gasteiger partial charge on any atom is 0.363 e. The number of hydroxylamine groups is 2. The summed E-state index contributed by atoms with van der Waals surface area (Å²) in [5, 5.41) is 0.529. The van der Waals surface area contributed by atoms with E-state index in [2.05, 4.69) is 18.7 Å². The van der Waals surface area contributed by atoms with Crippen molar-refractivity contribution in [2.75, 3.05) is 13.1 Å². The number of fused-ring (bicyclic) bond motifs is 1. The normalized spacial score (nSPS) is 13.2. The van der Waals surface area contributed by atoms with Crippen LogP contribution < -0.4 is 0 Å². The zero-order chi connectivity index (χ0) is 19.4. The molecule has 0 aromatic heterocycles. The lowest BCUT2D eigenvalue weighted by Gasteiger charge is -2.19. The summed E-state index contributed by atoms with van der Waals surface area (Å²) in [6.07, 6.45) is 1.08. The molecule has 0 bridgehead atoms. The van der Waals surface area contributed by atoms with Crippen molar-refractivity contribution < 1.29 is 19.2 Å². The topological polar surface area (TPSA) is 66.9 Å². The van der Waals surface area contributed by atoms with Crippen LogP contribution in [0.5, 0.6) is 0 Å². The first-order valence-corrected chi connectivity index (χ1v) is 9.06. The lowest BCUT2D eigenvalue weighted by atomic mass is 10.1. The maximum atomic E-state index is 12.4. The fraction of sp³-hybridized carbons (Fsp3) is 0.286. The molecule has 6 nitrogen and oxygen atoms in total. The van der Waals surface area contributed by atoms with Crippen LogP contribution in [0, 0.1) is 0 Å². The second-order valence-corrected chi connectivity index (χ2v) is 6.39. The first-order chi connectivity index (χ1) is 13.0. The van der Waals surface area contributed by atoms with Crippen LogP contribution in [0.2, 0.25) is 0 Å². The summed E-state index contributed by atoms with van der Waals surface area (Å²) in [5.41, 5.74) is 1.85. The minimum atomic E-state index is -0.739. The molecule has 0 saturated carbocycles. The van der Waals surface area contributed by atoms with Crippen molar-refractivity contribution in [1.82, 2.24) is 9.96 Å². The Morgan fingerprint density at radius 2 is 1.56 bits per heavy atom. The van der Waals surface area contributed by atoms with Crippen molar-refractivity contribution in [2.24, 2.45) is 0 Å². The van der Waals surface area contributed by atoms with Crippen molar-refractivity contribution in [3.63, 3.8) is 0 Å². The Balaban J connectivity index is 1.67. The lowest BCUT2D eigenvalue weighted by Crippen LogP contribution is -2.32. The molecule has 0 atom stereocenters. The van der Waals surface area contributed by atoms with Gasteiger partial charge in [-0.15, -0.1) is 0 Å². The zero-order valence-electron chi connectivity index (χ0n) is 15.5. The number of hydrogen-bond acceptors (Lipinski definition) is 5. The van der Waals surface area contributed by atoms with Crippen LogP contribution in [0.3, 0.4) is 0 Å². The van der Waals surface area contributed by atoms with Crippen molar-refractivity contribution in [3.8, 4) is 0 Å². The highest BCUT2D eigenvalue weighted by Gasteiger charge is 2.38. The van der Waals surface area contributed by atoms with Crippen molar-refractivity contribution in [1.29, 1.82) is 0 Å². The van der Waals surface area contributed by atoms with E-state index in [9.17, 15) is 14.4 Å². The standard InChI is InChI=1S/C21H22N2O4/c1-3-13-22(4-2)14-15-9-11-16(12-10-15)21(26)27-23-19(24)17-7-5-6-8-18(17)20(23)25/h5-12H,3-4,13-14H2,1-2H3. The third kappa shape index (κ3) is 3.90. The molecule has 1 aliphatic rings. The minimum Gasteiger partial charge on any atom is -0.324 e. The first-order valence-electron chi connectivity index (χ1n) is 9.06. The number of carbonyl (C=O) groups excluding carboxylic acids is 3. The van der Waals surface area contributed by atoms with E-state index in [0.29, 0.717) is 5.06 Å². The highest BCUT2D eigenvalue weighted by atomic mass is 16.7. The summed E-state index contributed by atoms with van der Waals surface area (Å²) < 4.78 is 0. The average Bonchev–Trinajstić information content (AvgIpc) is 2.93. The van der Waals surface area contributed by atoms with Gasteiger partial charge in [0.15, 0.2) is 0 Å². The molecule has 0 N–H and O–H groups in total. The molecule has 0 fully saturated rings. The molecule has 2 aromatic rings. The summed E-state index contributed by atoms with van der Waals surface area (Å²) in [7, 11) is 0. The largest absolute Gasteiger partial charge is 0.363 e. The molecule has 1 aliphatic heterocycles. The van der Waals surface area contributed by atoms with Crippen LogP contribution in [-0.4, -0.2) is 40.8 Å². The Morgan fingerprint density at radius 3 is 2.07 bits per heavy atom. The number of imide groups is 1. The molecule has 0 aliphatic carbocycles. The van der Waals surface area contributed by atoms with Crippen LogP contribution in [0.4, 0.5) is 0 Å². The predicted molar refractivity (Wildman–Crippen MR) is 100 cm³/mol. The second-order valence-electron chi connectivity index (χ2n) is 6.39. The van der Waals surface area contributed by atoms with Gasteiger partial charge in [0, 0.05) is 6.54 Å². The number of rotatable bonds is 7. The van der Waals surface area contributed by atoms with Gasteiger partial charge in [0.1, 0.15) is 0 Å². The number of nitrogens with zero attached hydrogens (tertiary/aromatic N) is 2. The van der Waals surface area contributed by atoms with Crippen molar-refractivity contribution in [3.05, 3.63) is 70.8 Å². The van der Waals surface area contributed by atoms with E-state index in [1.165, 1.54) is 12.1 Å². The van der Waals surface area contributed by atoms with Gasteiger partial charge in [-0.3, -0.25) is 14.5 Å². The molecule has 3 rings (SSSR count). The van der Waals surface area contributed by atoms with E-state index in [1.54, 1.807) is 24.3 Å². The quantitative estimate of drug-likeness (QED) is 0.704. The predicted octanol–water partition coefficient (Wildman–Crippen LogP) is 3.29. The highest BCUT2D eigenvalue weighted by molar-refractivity contribution is 6.21. The van der Waals surface area contributed by atoms with Crippen LogP contribution in [0.25, 0.3) is 0 Å². The van der Waals surface area contributed by atoms with Gasteiger partial charge in [-0.1, -0.05) is 43.2 Å². The number of benzene rings is 2. The molecule has 1 heterocycles. The van der Waals surface area contributed by atoms with Gasteiger partial charge in [0.25, 0.3) is 11.8 Å². The van der Waals surface area contributed by atoms with E-state index in [-0.39, 0.29) is 16.7 Å². The molecule has 2 amide bonds. The first kappa shape index (κ1) is 18.8. The van der Waals surface area contributed by atoms with Gasteiger partial charge in [0.2, 0.25) is 0 Å². The van der Waals surface area contributed by atoms with Crippen LogP contribution in [0.15, 0.2) is 48.5 Å². The number of carbonyl (C=O) groups is 3. The number of amides is 2. The van der Waals surface area contributed by atoms with E-state index in [1.807, 2.05) is 12.1 Å². The van der Waals surface area contributed by atoms with E-state index < -0.39 is 17.8 Å². The summed E-state index contributed by atoms with van der Waals surface area (Å²) in [6, 6.07) is 13.4. The van der Waals surface area contributed by atoms with E-state index in [0.717, 1.165) is 31.6 Å². The molecular formula is C21H22N2O4. The fourth-order valence-corrected chi connectivity index (χ4v) is 3.06. The smallest absolute Gasteiger partial charge is 0.324 e. The molecular weight excluding hydrogens is 344 g/mol. The number of hydrogen-bond donors (Lipinski definition) is 0. The monoisotopic (exact) mass is 366 g/mol. The van der Waals surface area contributed by atoms with Crippen molar-refractivity contribution >= 4 is 17.8 Å². The Morgan fingerprint density at radius 1 is 0.963 bits per heavy atom. The van der Waals surface area contributed by atoms with Crippen LogP contribution >= 0.6 is 0 Å². The molecule has 0 spiro atoms. The Hall–Kier alpha value is -2.99. The third-order valence-electron chi connectivity index (χ3n) is 4.51. The summed E-state index contributed by atoms with van der Waals surface area (Å²) in [6.45, 7) is 7.03. The van der Waals surface area contributed by atoms with Gasteiger partial charge < -0.3 is 4.84 Å². The van der Waals surface area contributed by atoms with Crippen LogP contribution in [0.1, 0.15) is 56.9 Å². The van der Waals surface area contributed by atoms with E-state index in [4.69, 9.17) is 4.84 Å². The zero-order valence-corrected chi connectivity index (χ0v) is 15.5. The van der Waals surface area contributed by atoms with Crippen LogP contribution in [-0.2, 0) is 11.4 Å². The Labute approximate surface area is 158 Å². The maximum absolute atomic E-state index is 12.4. The molecule has 27 heavy (non-hydrogen) atoms. The van der Waals surface area contributed by atoms with Gasteiger partial charge >= 0.3 is 5.97 Å². The molecule has 0 unspecified atom stereocenters. The highest BCUT2D eigenvalue weighted by Crippen LogP contribution is 2.23. The van der Waals surface area contributed by atoms with E-state index >= 15 is 0 Å². The molecule has 140 valence electrons. The van der Waals surface area contributed by atoms with Gasteiger partial charge in [-0.2, -0.15) is 0 Å². The van der Waals surface area contributed by atoms with Gasteiger partial charge in [0.05, 0.1) is 16.7 Å². The SMILES string of the molecule is CCCN(CC)Cc1ccc(C(=O)ON2C(=O)c3ccccc3C2=O)cc1. The molecule has 6 heteroatoms. The molecule has 2 aromatic carbocycles. The Bertz CT molecular complexity index is 826. The third-order valence-corrected chi connectivity index (χ3v) is 4.51. The fourth-order valence-electron chi connectivity index (χ4n) is 3.06. The lowest BCUT2D eigenvalue weighted by molar-refractivity contribution is -0.0584. The van der Waals surface area contributed by atoms with Gasteiger partial charge in [-0.05, 0) is 49.3 Å². The van der Waals surface area contributed by atoms with Gasteiger partial charge in [-0.25, -0.2) is 4.79 Å². The minimum absolute atomic E-state index is 0.237. The summed E-state index contributed by atoms with van der Waals surface area (Å²) in [4.78, 5) is 44.3. The summed E-state index contributed by atoms with van der Waals surface area (Å²) >= 11 is 0. The van der Waals surface area contributed by atoms with Crippen molar-refractivity contribution in [2.45, 2.75) is 26.8 Å². The summed E-state index contributed by atoms with van der Waals surface area (Å²) in [5.74, 6) is -1.99. The second kappa shape index (κ2) is 8.14. The Kier molecular flexibility index (Phi) is 5.66. The molecule has 0 saturated heterocycles. The molecule has 0 radical (unpaired) electrons.